The van der Waals surface area contributed by atoms with Crippen LogP contribution in [-0.4, -0.2) is 53.6 Å². The number of halogens is 1. The molecule has 0 saturated carbocycles. The minimum Gasteiger partial charge on any atom is -0.390 e. The molecule has 4 nitrogen and oxygen atoms in total. The van der Waals surface area contributed by atoms with Crippen LogP contribution in [0.25, 0.3) is 0 Å². The molecule has 0 bridgehead atoms. The summed E-state index contributed by atoms with van der Waals surface area (Å²) in [6, 6.07) is 7.40. The molecule has 110 valence electrons. The van der Waals surface area contributed by atoms with Crippen LogP contribution >= 0.6 is 11.6 Å². The van der Waals surface area contributed by atoms with Crippen LogP contribution in [0.4, 0.5) is 0 Å². The van der Waals surface area contributed by atoms with Gasteiger partial charge in [-0.25, -0.2) is 0 Å². The highest BCUT2D eigenvalue weighted by Crippen LogP contribution is 2.26. The van der Waals surface area contributed by atoms with Crippen LogP contribution < -0.4 is 0 Å². The standard InChI is InChI=1S/C15H21ClN2O2/c1-17(2)10-14(19)13-7-8-15(20)18(13)9-11-5-3-4-6-12(11)16/h3-6,13-14,19H,7-10H2,1-2H3/t13-,14-/m0/s1. The van der Waals surface area contributed by atoms with E-state index in [0.717, 1.165) is 5.56 Å². The first kappa shape index (κ1) is 15.3. The van der Waals surface area contributed by atoms with E-state index >= 15 is 0 Å². The van der Waals surface area contributed by atoms with Crippen LogP contribution in [0.2, 0.25) is 5.02 Å². The smallest absolute Gasteiger partial charge is 0.223 e. The monoisotopic (exact) mass is 296 g/mol. The molecule has 0 unspecified atom stereocenters. The van der Waals surface area contributed by atoms with Crippen molar-refractivity contribution in [2.75, 3.05) is 20.6 Å². The number of aliphatic hydroxyl groups is 1. The van der Waals surface area contributed by atoms with Crippen molar-refractivity contribution in [1.82, 2.24) is 9.80 Å². The summed E-state index contributed by atoms with van der Waals surface area (Å²) in [6.45, 7) is 1.02. The van der Waals surface area contributed by atoms with Crippen molar-refractivity contribution in [3.63, 3.8) is 0 Å². The molecule has 1 aliphatic rings. The summed E-state index contributed by atoms with van der Waals surface area (Å²) < 4.78 is 0. The number of amides is 1. The second-order valence-corrected chi connectivity index (χ2v) is 5.96. The van der Waals surface area contributed by atoms with Gasteiger partial charge in [0.15, 0.2) is 0 Å². The molecular weight excluding hydrogens is 276 g/mol. The Morgan fingerprint density at radius 2 is 2.15 bits per heavy atom. The second-order valence-electron chi connectivity index (χ2n) is 5.55. The van der Waals surface area contributed by atoms with Crippen molar-refractivity contribution in [3.05, 3.63) is 34.9 Å². The van der Waals surface area contributed by atoms with E-state index in [9.17, 15) is 9.90 Å². The highest BCUT2D eigenvalue weighted by molar-refractivity contribution is 6.31. The molecule has 20 heavy (non-hydrogen) atoms. The summed E-state index contributed by atoms with van der Waals surface area (Å²) in [5, 5.41) is 10.9. The molecule has 1 aromatic rings. The summed E-state index contributed by atoms with van der Waals surface area (Å²) in [4.78, 5) is 15.7. The largest absolute Gasteiger partial charge is 0.390 e. The lowest BCUT2D eigenvalue weighted by molar-refractivity contribution is -0.131. The molecule has 1 N–H and O–H groups in total. The molecule has 1 saturated heterocycles. The van der Waals surface area contributed by atoms with Gasteiger partial charge in [-0.2, -0.15) is 0 Å². The Kier molecular flexibility index (Phi) is 5.02. The highest BCUT2D eigenvalue weighted by atomic mass is 35.5. The zero-order valence-electron chi connectivity index (χ0n) is 11.9. The highest BCUT2D eigenvalue weighted by Gasteiger charge is 2.35. The zero-order valence-corrected chi connectivity index (χ0v) is 12.7. The third kappa shape index (κ3) is 3.51. The minimum absolute atomic E-state index is 0.0905. The van der Waals surface area contributed by atoms with E-state index in [2.05, 4.69) is 0 Å². The Labute approximate surface area is 124 Å². The van der Waals surface area contributed by atoms with Crippen molar-refractivity contribution in [1.29, 1.82) is 0 Å². The summed E-state index contributed by atoms with van der Waals surface area (Å²) in [6.07, 6.45) is 0.677. The molecule has 1 fully saturated rings. The fourth-order valence-corrected chi connectivity index (χ4v) is 2.86. The van der Waals surface area contributed by atoms with Gasteiger partial charge in [-0.05, 0) is 32.1 Å². The molecule has 2 atom stereocenters. The molecule has 0 aliphatic carbocycles. The molecule has 0 aromatic heterocycles. The summed E-state index contributed by atoms with van der Waals surface area (Å²) >= 11 is 6.15. The van der Waals surface area contributed by atoms with Crippen LogP contribution in [0, 0.1) is 0 Å². The van der Waals surface area contributed by atoms with Gasteiger partial charge in [-0.1, -0.05) is 29.8 Å². The molecule has 1 aromatic carbocycles. The number of likely N-dealkylation sites (tertiary alicyclic amines) is 1. The number of benzene rings is 1. The van der Waals surface area contributed by atoms with Gasteiger partial charge in [0.2, 0.25) is 5.91 Å². The summed E-state index contributed by atoms with van der Waals surface area (Å²) in [7, 11) is 3.83. The van der Waals surface area contributed by atoms with E-state index in [1.165, 1.54) is 0 Å². The Balaban J connectivity index is 2.11. The Morgan fingerprint density at radius 1 is 1.45 bits per heavy atom. The van der Waals surface area contributed by atoms with Crippen LogP contribution in [-0.2, 0) is 11.3 Å². The number of hydrogen-bond donors (Lipinski definition) is 1. The molecule has 1 heterocycles. The Morgan fingerprint density at radius 3 is 2.80 bits per heavy atom. The van der Waals surface area contributed by atoms with Crippen molar-refractivity contribution < 1.29 is 9.90 Å². The lowest BCUT2D eigenvalue weighted by Gasteiger charge is -2.30. The number of aliphatic hydroxyl groups excluding tert-OH is 1. The number of nitrogens with zero attached hydrogens (tertiary/aromatic N) is 2. The third-order valence-electron chi connectivity index (χ3n) is 3.67. The number of carbonyl (C=O) groups excluding carboxylic acids is 1. The van der Waals surface area contributed by atoms with Gasteiger partial charge >= 0.3 is 0 Å². The van der Waals surface area contributed by atoms with Gasteiger partial charge in [0.1, 0.15) is 0 Å². The summed E-state index contributed by atoms with van der Waals surface area (Å²) in [5.74, 6) is 0.0905. The van der Waals surface area contributed by atoms with Gasteiger partial charge < -0.3 is 14.9 Å². The van der Waals surface area contributed by atoms with Gasteiger partial charge in [-0.15, -0.1) is 0 Å². The quantitative estimate of drug-likeness (QED) is 0.900. The molecule has 5 heteroatoms. The predicted molar refractivity (Wildman–Crippen MR) is 79.6 cm³/mol. The molecule has 1 amide bonds. The van der Waals surface area contributed by atoms with Crippen molar-refractivity contribution >= 4 is 17.5 Å². The van der Waals surface area contributed by atoms with Crippen molar-refractivity contribution in [2.45, 2.75) is 31.5 Å². The number of carbonyl (C=O) groups is 1. The average molecular weight is 297 g/mol. The number of rotatable bonds is 5. The Bertz CT molecular complexity index is 479. The normalized spacial score (nSPS) is 20.8. The predicted octanol–water partition coefficient (Wildman–Crippen LogP) is 1.75. The van der Waals surface area contributed by atoms with E-state index in [4.69, 9.17) is 11.6 Å². The van der Waals surface area contributed by atoms with E-state index < -0.39 is 6.10 Å². The van der Waals surface area contributed by atoms with E-state index in [1.807, 2.05) is 43.3 Å². The van der Waals surface area contributed by atoms with Gasteiger partial charge in [-0.3, -0.25) is 4.79 Å². The molecule has 1 aliphatic heterocycles. The van der Waals surface area contributed by atoms with Crippen molar-refractivity contribution in [3.8, 4) is 0 Å². The molecule has 2 rings (SSSR count). The molecule has 0 radical (unpaired) electrons. The maximum atomic E-state index is 12.0. The van der Waals surface area contributed by atoms with E-state index in [1.54, 1.807) is 4.90 Å². The van der Waals surface area contributed by atoms with Crippen LogP contribution in [0.5, 0.6) is 0 Å². The topological polar surface area (TPSA) is 43.8 Å². The SMILES string of the molecule is CN(C)C[C@H](O)[C@@H]1CCC(=O)N1Cc1ccccc1Cl. The third-order valence-corrected chi connectivity index (χ3v) is 4.04. The number of hydrogen-bond acceptors (Lipinski definition) is 3. The van der Waals surface area contributed by atoms with Gasteiger partial charge in [0, 0.05) is 24.5 Å². The fourth-order valence-electron chi connectivity index (χ4n) is 2.67. The van der Waals surface area contributed by atoms with Gasteiger partial charge in [0.05, 0.1) is 12.1 Å². The second kappa shape index (κ2) is 6.57. The Hall–Kier alpha value is -1.10. The maximum absolute atomic E-state index is 12.0. The molecule has 0 spiro atoms. The first-order valence-corrected chi connectivity index (χ1v) is 7.22. The minimum atomic E-state index is -0.529. The van der Waals surface area contributed by atoms with E-state index in [0.29, 0.717) is 31.0 Å². The van der Waals surface area contributed by atoms with Gasteiger partial charge in [0.25, 0.3) is 0 Å². The van der Waals surface area contributed by atoms with Crippen molar-refractivity contribution in [2.24, 2.45) is 0 Å². The fraction of sp³-hybridized carbons (Fsp3) is 0.533. The van der Waals surface area contributed by atoms with Crippen LogP contribution in [0.3, 0.4) is 0 Å². The lowest BCUT2D eigenvalue weighted by atomic mass is 10.1. The maximum Gasteiger partial charge on any atom is 0.223 e. The average Bonchev–Trinajstić information content (AvgIpc) is 2.73. The first-order valence-electron chi connectivity index (χ1n) is 6.84. The lowest BCUT2D eigenvalue weighted by Crippen LogP contribution is -2.44. The molecular formula is C15H21ClN2O2. The first-order chi connectivity index (χ1) is 9.49. The van der Waals surface area contributed by atoms with E-state index in [-0.39, 0.29) is 11.9 Å². The number of likely N-dealkylation sites (N-methyl/N-ethyl adjacent to an activating group) is 1. The summed E-state index contributed by atoms with van der Waals surface area (Å²) in [5.41, 5.74) is 0.923. The van der Waals surface area contributed by atoms with Crippen LogP contribution in [0.1, 0.15) is 18.4 Å². The zero-order chi connectivity index (χ0) is 14.7. The van der Waals surface area contributed by atoms with Crippen LogP contribution in [0.15, 0.2) is 24.3 Å².